The Morgan fingerprint density at radius 2 is 1.10 bits per heavy atom. The number of rotatable bonds is 2. The van der Waals surface area contributed by atoms with Crippen LogP contribution in [0.15, 0.2) is 8.96 Å². The van der Waals surface area contributed by atoms with Crippen LogP contribution in [0, 0.1) is 0 Å². The third-order valence-electron chi connectivity index (χ3n) is 0.538. The van der Waals surface area contributed by atoms with Gasteiger partial charge in [-0.1, -0.05) is 0 Å². The van der Waals surface area contributed by atoms with Crippen molar-refractivity contribution >= 4 is 65.5 Å². The van der Waals surface area contributed by atoms with E-state index >= 15 is 0 Å². The lowest BCUT2D eigenvalue weighted by Crippen LogP contribution is -1.93. The van der Waals surface area contributed by atoms with Crippen LogP contribution in [0.3, 0.4) is 0 Å². The molecule has 0 aromatic heterocycles. The van der Waals surface area contributed by atoms with E-state index in [1.165, 1.54) is 0 Å². The highest BCUT2D eigenvalue weighted by molar-refractivity contribution is 9.14. The summed E-state index contributed by atoms with van der Waals surface area (Å²) in [7, 11) is 0. The van der Waals surface area contributed by atoms with Gasteiger partial charge in [0.25, 0.3) is 10.5 Å². The zero-order chi connectivity index (χ0) is 8.31. The van der Waals surface area contributed by atoms with Crippen LogP contribution >= 0.6 is 55.1 Å². The van der Waals surface area contributed by atoms with Crippen LogP contribution in [-0.4, -0.2) is 10.5 Å². The van der Waals surface area contributed by atoms with E-state index in [-0.39, 0.29) is 8.96 Å². The van der Waals surface area contributed by atoms with Gasteiger partial charge in [-0.25, -0.2) is 0 Å². The van der Waals surface area contributed by atoms with Crippen molar-refractivity contribution in [2.75, 3.05) is 0 Å². The number of hydrogen-bond donors (Lipinski definition) is 0. The quantitative estimate of drug-likeness (QED) is 0.580. The molecule has 0 aliphatic heterocycles. The van der Waals surface area contributed by atoms with Crippen LogP contribution in [0.4, 0.5) is 0 Å². The summed E-state index contributed by atoms with van der Waals surface area (Å²) in [5.74, 6) is 0. The molecule has 0 aromatic carbocycles. The second-order valence-electron chi connectivity index (χ2n) is 1.18. The first kappa shape index (κ1) is 10.6. The maximum Gasteiger partial charge on any atom is 0.260 e. The number of hydrogen-bond acceptors (Lipinski definition) is 2. The topological polar surface area (TPSA) is 34.1 Å². The maximum absolute atomic E-state index is 10.3. The van der Waals surface area contributed by atoms with Crippen molar-refractivity contribution < 1.29 is 9.59 Å². The summed E-state index contributed by atoms with van der Waals surface area (Å²) in [6.07, 6.45) is 0. The first-order valence-corrected chi connectivity index (χ1v) is 4.26. The standard InChI is InChI=1S/C4Br2Cl2O2/c5-1(3(7)9)2(6)4(8)10/b2-1-. The van der Waals surface area contributed by atoms with Crippen molar-refractivity contribution in [1.29, 1.82) is 0 Å². The number of allylic oxidation sites excluding steroid dienone is 2. The largest absolute Gasteiger partial charge is 0.275 e. The molecule has 0 radical (unpaired) electrons. The van der Waals surface area contributed by atoms with E-state index in [4.69, 9.17) is 23.2 Å². The maximum atomic E-state index is 10.3. The third-order valence-corrected chi connectivity index (χ3v) is 3.42. The summed E-state index contributed by atoms with van der Waals surface area (Å²) in [6, 6.07) is 0. The molecule has 56 valence electrons. The van der Waals surface area contributed by atoms with Crippen LogP contribution < -0.4 is 0 Å². The molecule has 0 heterocycles. The van der Waals surface area contributed by atoms with Gasteiger partial charge in [0.05, 0.1) is 8.96 Å². The highest BCUT2D eigenvalue weighted by Crippen LogP contribution is 2.22. The summed E-state index contributed by atoms with van der Waals surface area (Å²) < 4.78 is -0.150. The van der Waals surface area contributed by atoms with Gasteiger partial charge < -0.3 is 0 Å². The monoisotopic (exact) mass is 308 g/mol. The van der Waals surface area contributed by atoms with Crippen LogP contribution in [0.25, 0.3) is 0 Å². The van der Waals surface area contributed by atoms with E-state index in [1.807, 2.05) is 0 Å². The highest BCUT2D eigenvalue weighted by Gasteiger charge is 2.12. The second kappa shape index (κ2) is 4.49. The predicted octanol–water partition coefficient (Wildman–Crippen LogP) is 2.52. The number of carbonyl (C=O) groups excluding carboxylic acids is 2. The fourth-order valence-electron chi connectivity index (χ4n) is 0.173. The minimum absolute atomic E-state index is 0.0748. The minimum atomic E-state index is -0.777. The van der Waals surface area contributed by atoms with E-state index in [0.717, 1.165) is 0 Å². The molecule has 0 aliphatic carbocycles. The molecule has 2 nitrogen and oxygen atoms in total. The van der Waals surface area contributed by atoms with Gasteiger partial charge in [0.15, 0.2) is 0 Å². The summed E-state index contributed by atoms with van der Waals surface area (Å²) in [5.41, 5.74) is 0. The molecule has 0 saturated carbocycles. The molecule has 0 rings (SSSR count). The van der Waals surface area contributed by atoms with Crippen LogP contribution in [0.5, 0.6) is 0 Å². The van der Waals surface area contributed by atoms with Gasteiger partial charge in [-0.15, -0.1) is 0 Å². The first-order chi connectivity index (χ1) is 4.46. The Labute approximate surface area is 83.8 Å². The number of halogens is 4. The van der Waals surface area contributed by atoms with Gasteiger partial charge in [-0.05, 0) is 55.1 Å². The summed E-state index contributed by atoms with van der Waals surface area (Å²) >= 11 is 15.5. The molecule has 0 saturated heterocycles. The first-order valence-electron chi connectivity index (χ1n) is 1.91. The Kier molecular flexibility index (Phi) is 4.77. The van der Waals surface area contributed by atoms with Crippen molar-refractivity contribution in [1.82, 2.24) is 0 Å². The third kappa shape index (κ3) is 3.14. The molecular weight excluding hydrogens is 311 g/mol. The van der Waals surface area contributed by atoms with Gasteiger partial charge >= 0.3 is 0 Å². The second-order valence-corrected chi connectivity index (χ2v) is 3.45. The Bertz CT molecular complexity index is 189. The molecule has 0 unspecified atom stereocenters. The zero-order valence-electron chi connectivity index (χ0n) is 4.33. The molecule has 0 bridgehead atoms. The van der Waals surface area contributed by atoms with Crippen molar-refractivity contribution in [2.45, 2.75) is 0 Å². The molecule has 10 heavy (non-hydrogen) atoms. The Morgan fingerprint density at radius 1 is 0.900 bits per heavy atom. The van der Waals surface area contributed by atoms with E-state index in [9.17, 15) is 9.59 Å². The lowest BCUT2D eigenvalue weighted by Gasteiger charge is -1.90. The SMILES string of the molecule is O=C(Cl)/C(Br)=C(/Br)C(=O)Cl. The summed E-state index contributed by atoms with van der Waals surface area (Å²) in [4.78, 5) is 20.6. The van der Waals surface area contributed by atoms with Crippen molar-refractivity contribution in [2.24, 2.45) is 0 Å². The molecule has 0 amide bonds. The van der Waals surface area contributed by atoms with Crippen LogP contribution in [0.1, 0.15) is 0 Å². The Morgan fingerprint density at radius 3 is 1.20 bits per heavy atom. The molecule has 0 spiro atoms. The molecule has 0 aromatic rings. The molecule has 0 atom stereocenters. The van der Waals surface area contributed by atoms with Crippen LogP contribution in [0.2, 0.25) is 0 Å². The Hall–Kier alpha value is 0.620. The van der Waals surface area contributed by atoms with Gasteiger partial charge in [-0.2, -0.15) is 0 Å². The van der Waals surface area contributed by atoms with Gasteiger partial charge in [-0.3, -0.25) is 9.59 Å². The summed E-state index contributed by atoms with van der Waals surface area (Å²) in [5, 5.41) is -1.55. The normalized spacial score (nSPS) is 12.4. The Balaban J connectivity index is 4.67. The molecule has 6 heteroatoms. The van der Waals surface area contributed by atoms with E-state index in [1.54, 1.807) is 0 Å². The van der Waals surface area contributed by atoms with Crippen molar-refractivity contribution in [3.8, 4) is 0 Å². The van der Waals surface area contributed by atoms with E-state index in [2.05, 4.69) is 31.9 Å². The van der Waals surface area contributed by atoms with Gasteiger partial charge in [0, 0.05) is 0 Å². The summed E-state index contributed by atoms with van der Waals surface area (Å²) in [6.45, 7) is 0. The van der Waals surface area contributed by atoms with E-state index in [0.29, 0.717) is 0 Å². The van der Waals surface area contributed by atoms with Crippen LogP contribution in [-0.2, 0) is 9.59 Å². The van der Waals surface area contributed by atoms with Crippen molar-refractivity contribution in [3.63, 3.8) is 0 Å². The predicted molar refractivity (Wildman–Crippen MR) is 46.6 cm³/mol. The van der Waals surface area contributed by atoms with Crippen molar-refractivity contribution in [3.05, 3.63) is 8.96 Å². The molecule has 0 aliphatic rings. The van der Waals surface area contributed by atoms with Gasteiger partial charge in [0.1, 0.15) is 0 Å². The average molecular weight is 311 g/mol. The molecule has 0 N–H and O–H groups in total. The number of carbonyl (C=O) groups is 2. The molecular formula is C4Br2Cl2O2. The lowest BCUT2D eigenvalue weighted by molar-refractivity contribution is -0.110. The lowest BCUT2D eigenvalue weighted by atomic mass is 10.5. The van der Waals surface area contributed by atoms with Gasteiger partial charge in [0.2, 0.25) is 0 Å². The minimum Gasteiger partial charge on any atom is -0.275 e. The smallest absolute Gasteiger partial charge is 0.260 e. The highest BCUT2D eigenvalue weighted by atomic mass is 79.9. The average Bonchev–Trinajstić information content (AvgIpc) is 1.84. The molecule has 0 fully saturated rings. The zero-order valence-corrected chi connectivity index (χ0v) is 9.01. The fourth-order valence-corrected chi connectivity index (χ4v) is 0.950. The fraction of sp³-hybridized carbons (Fsp3) is 0. The van der Waals surface area contributed by atoms with E-state index < -0.39 is 10.5 Å².